The Morgan fingerprint density at radius 2 is 1.67 bits per heavy atom. The lowest BCUT2D eigenvalue weighted by atomic mass is 9.73. The molecule has 0 bridgehead atoms. The van der Waals surface area contributed by atoms with Crippen LogP contribution in [0.4, 0.5) is 0 Å². The van der Waals surface area contributed by atoms with Crippen molar-refractivity contribution in [3.8, 4) is 5.69 Å². The average Bonchev–Trinajstić information content (AvgIpc) is 3.15. The van der Waals surface area contributed by atoms with Crippen molar-refractivity contribution in [1.29, 1.82) is 0 Å². The highest BCUT2D eigenvalue weighted by molar-refractivity contribution is 6.04. The minimum Gasteiger partial charge on any atom is -0.338 e. The summed E-state index contributed by atoms with van der Waals surface area (Å²) in [6.07, 6.45) is 4.53. The average molecular weight is 364 g/mol. The van der Waals surface area contributed by atoms with Crippen molar-refractivity contribution < 1.29 is 9.59 Å². The predicted octanol–water partition coefficient (Wildman–Crippen LogP) is 3.23. The van der Waals surface area contributed by atoms with Crippen LogP contribution < -0.4 is 5.56 Å². The van der Waals surface area contributed by atoms with E-state index >= 15 is 0 Å². The van der Waals surface area contributed by atoms with Gasteiger partial charge in [-0.05, 0) is 42.4 Å². The van der Waals surface area contributed by atoms with E-state index in [0.29, 0.717) is 42.7 Å². The first-order valence-electron chi connectivity index (χ1n) is 9.54. The smallest absolute Gasteiger partial charge is 0.268 e. The maximum atomic E-state index is 13.4. The number of benzene rings is 1. The molecular formula is C22H24N2O3. The summed E-state index contributed by atoms with van der Waals surface area (Å²) in [7, 11) is 0. The number of carbonyl (C=O) groups excluding carboxylic acids is 2. The lowest BCUT2D eigenvalue weighted by Crippen LogP contribution is -2.40. The number of nitrogens with zero attached hydrogens (tertiary/aromatic N) is 2. The van der Waals surface area contributed by atoms with Gasteiger partial charge in [0, 0.05) is 37.0 Å². The summed E-state index contributed by atoms with van der Waals surface area (Å²) in [5.41, 5.74) is 1.40. The Labute approximate surface area is 158 Å². The van der Waals surface area contributed by atoms with Crippen LogP contribution in [0.2, 0.25) is 0 Å². The lowest BCUT2D eigenvalue weighted by molar-refractivity contribution is 0.0788. The highest BCUT2D eigenvalue weighted by atomic mass is 16.2. The number of para-hydroxylation sites is 1. The molecule has 2 heterocycles. The van der Waals surface area contributed by atoms with Gasteiger partial charge in [-0.1, -0.05) is 32.0 Å². The van der Waals surface area contributed by atoms with Gasteiger partial charge in [0.05, 0.1) is 0 Å². The molecule has 0 atom stereocenters. The summed E-state index contributed by atoms with van der Waals surface area (Å²) >= 11 is 0. The van der Waals surface area contributed by atoms with Crippen LogP contribution in [-0.4, -0.2) is 34.2 Å². The summed E-state index contributed by atoms with van der Waals surface area (Å²) in [5.74, 6) is -0.231. The normalized spacial score (nSPS) is 18.4. The molecule has 0 radical (unpaired) electrons. The molecule has 1 aliphatic heterocycles. The van der Waals surface area contributed by atoms with Gasteiger partial charge in [-0.3, -0.25) is 19.0 Å². The Bertz CT molecular complexity index is 967. The number of amides is 1. The number of aromatic nitrogens is 1. The zero-order chi connectivity index (χ0) is 19.2. The topological polar surface area (TPSA) is 59.4 Å². The van der Waals surface area contributed by atoms with Crippen molar-refractivity contribution in [3.63, 3.8) is 0 Å². The summed E-state index contributed by atoms with van der Waals surface area (Å²) < 4.78 is 1.46. The van der Waals surface area contributed by atoms with E-state index in [1.807, 2.05) is 44.2 Å². The number of hydrogen-bond donors (Lipinski definition) is 0. The maximum absolute atomic E-state index is 13.4. The van der Waals surface area contributed by atoms with Gasteiger partial charge in [-0.15, -0.1) is 0 Å². The summed E-state index contributed by atoms with van der Waals surface area (Å²) in [5, 5.41) is 0. The zero-order valence-corrected chi connectivity index (χ0v) is 15.8. The molecule has 0 unspecified atom stereocenters. The molecule has 2 aromatic rings. The van der Waals surface area contributed by atoms with Gasteiger partial charge < -0.3 is 4.90 Å². The van der Waals surface area contributed by atoms with Crippen LogP contribution in [0.3, 0.4) is 0 Å². The van der Waals surface area contributed by atoms with Crippen LogP contribution in [0.25, 0.3) is 5.69 Å². The van der Waals surface area contributed by atoms with Gasteiger partial charge in [0.1, 0.15) is 5.56 Å². The number of hydrogen-bond acceptors (Lipinski definition) is 3. The fraction of sp³-hybridized carbons (Fsp3) is 0.409. The zero-order valence-electron chi connectivity index (χ0n) is 15.8. The quantitative estimate of drug-likeness (QED) is 0.822. The second-order valence-corrected chi connectivity index (χ2v) is 8.35. The Morgan fingerprint density at radius 1 is 1.00 bits per heavy atom. The number of rotatable bonds is 2. The molecule has 27 heavy (non-hydrogen) atoms. The van der Waals surface area contributed by atoms with Gasteiger partial charge in [-0.2, -0.15) is 0 Å². The van der Waals surface area contributed by atoms with Gasteiger partial charge in [-0.25, -0.2) is 0 Å². The molecule has 1 aromatic heterocycles. The van der Waals surface area contributed by atoms with Crippen molar-refractivity contribution in [3.05, 3.63) is 63.6 Å². The van der Waals surface area contributed by atoms with Gasteiger partial charge in [0.25, 0.3) is 11.5 Å². The van der Waals surface area contributed by atoms with E-state index in [4.69, 9.17) is 0 Å². The second kappa shape index (κ2) is 6.48. The van der Waals surface area contributed by atoms with E-state index < -0.39 is 0 Å². The van der Waals surface area contributed by atoms with E-state index in [9.17, 15) is 14.4 Å². The van der Waals surface area contributed by atoms with E-state index in [0.717, 1.165) is 12.8 Å². The van der Waals surface area contributed by atoms with Gasteiger partial charge in [0.15, 0.2) is 5.78 Å². The van der Waals surface area contributed by atoms with Crippen molar-refractivity contribution in [2.45, 2.75) is 39.5 Å². The Hall–Kier alpha value is -2.69. The number of pyridine rings is 1. The van der Waals surface area contributed by atoms with Crippen LogP contribution >= 0.6 is 0 Å². The number of likely N-dealkylation sites (tertiary alicyclic amines) is 1. The number of ketones is 1. The van der Waals surface area contributed by atoms with Crippen LogP contribution in [0.15, 0.2) is 41.3 Å². The molecule has 2 aliphatic rings. The maximum Gasteiger partial charge on any atom is 0.268 e. The highest BCUT2D eigenvalue weighted by Crippen LogP contribution is 2.36. The van der Waals surface area contributed by atoms with Crippen molar-refractivity contribution in [2.75, 3.05) is 13.1 Å². The van der Waals surface area contributed by atoms with Gasteiger partial charge in [0.2, 0.25) is 0 Å². The minimum atomic E-state index is -0.331. The Morgan fingerprint density at radius 3 is 2.33 bits per heavy atom. The first kappa shape index (κ1) is 17.7. The third-order valence-corrected chi connectivity index (χ3v) is 5.55. The minimum absolute atomic E-state index is 0.00130. The molecule has 1 aliphatic carbocycles. The number of carbonyl (C=O) groups is 2. The van der Waals surface area contributed by atoms with Crippen molar-refractivity contribution in [1.82, 2.24) is 9.47 Å². The number of Topliss-reactive ketones (excluding diaryl/α,β-unsaturated/α-hetero) is 1. The third-order valence-electron chi connectivity index (χ3n) is 5.55. The van der Waals surface area contributed by atoms with E-state index in [1.54, 1.807) is 11.1 Å². The SMILES string of the molecule is CC1(C)CC(=O)c2cn(-c3ccccc3)c(=O)c(C(=O)N3CCCC3)c2C1. The fourth-order valence-corrected chi connectivity index (χ4v) is 4.22. The van der Waals surface area contributed by atoms with Crippen LogP contribution in [0.1, 0.15) is 59.4 Å². The van der Waals surface area contributed by atoms with Crippen molar-refractivity contribution >= 4 is 11.7 Å². The summed E-state index contributed by atoms with van der Waals surface area (Å²) in [4.78, 5) is 41.2. The highest BCUT2D eigenvalue weighted by Gasteiger charge is 2.37. The molecule has 1 fully saturated rings. The molecular weight excluding hydrogens is 340 g/mol. The Kier molecular flexibility index (Phi) is 4.25. The van der Waals surface area contributed by atoms with Crippen LogP contribution in [-0.2, 0) is 6.42 Å². The lowest BCUT2D eigenvalue weighted by Gasteiger charge is -2.32. The van der Waals surface area contributed by atoms with E-state index in [1.165, 1.54) is 4.57 Å². The monoisotopic (exact) mass is 364 g/mol. The van der Waals surface area contributed by atoms with E-state index in [-0.39, 0.29) is 28.2 Å². The first-order valence-corrected chi connectivity index (χ1v) is 9.54. The molecule has 0 N–H and O–H groups in total. The predicted molar refractivity (Wildman–Crippen MR) is 104 cm³/mol. The fourth-order valence-electron chi connectivity index (χ4n) is 4.22. The molecule has 5 heteroatoms. The molecule has 1 saturated heterocycles. The molecule has 1 amide bonds. The second-order valence-electron chi connectivity index (χ2n) is 8.35. The molecule has 0 spiro atoms. The van der Waals surface area contributed by atoms with E-state index in [2.05, 4.69) is 0 Å². The van der Waals surface area contributed by atoms with Crippen molar-refractivity contribution in [2.24, 2.45) is 5.41 Å². The molecule has 4 rings (SSSR count). The molecule has 140 valence electrons. The number of fused-ring (bicyclic) bond motifs is 1. The first-order chi connectivity index (χ1) is 12.9. The molecule has 0 saturated carbocycles. The van der Waals surface area contributed by atoms with Crippen LogP contribution in [0.5, 0.6) is 0 Å². The molecule has 5 nitrogen and oxygen atoms in total. The van der Waals surface area contributed by atoms with Crippen LogP contribution in [0, 0.1) is 5.41 Å². The largest absolute Gasteiger partial charge is 0.338 e. The third kappa shape index (κ3) is 3.11. The molecule has 1 aromatic carbocycles. The summed E-state index contributed by atoms with van der Waals surface area (Å²) in [6.45, 7) is 5.37. The Balaban J connectivity index is 1.97. The summed E-state index contributed by atoms with van der Waals surface area (Å²) in [6, 6.07) is 9.18. The standard InChI is InChI=1S/C22H24N2O3/c1-22(2)12-16-17(18(25)13-22)14-24(15-8-4-3-5-9-15)21(27)19(16)20(26)23-10-6-7-11-23/h3-5,8-9,14H,6-7,10-13H2,1-2H3. The van der Waals surface area contributed by atoms with Gasteiger partial charge >= 0.3 is 0 Å².